The molecule has 1 saturated heterocycles. The number of carbonyl (C=O) groups is 1. The highest BCUT2D eigenvalue weighted by Crippen LogP contribution is 2.41. The maximum absolute atomic E-state index is 12.6. The quantitative estimate of drug-likeness (QED) is 0.821. The number of nitrogens with zero attached hydrogens (tertiary/aromatic N) is 1. The maximum Gasteiger partial charge on any atom is 0.226 e. The lowest BCUT2D eigenvalue weighted by atomic mass is 9.68. The lowest BCUT2D eigenvalue weighted by Gasteiger charge is -2.42. The number of amides is 1. The second kappa shape index (κ2) is 5.60. The molecule has 0 bridgehead atoms. The van der Waals surface area contributed by atoms with Crippen molar-refractivity contribution >= 4 is 5.91 Å². The van der Waals surface area contributed by atoms with Gasteiger partial charge in [-0.2, -0.15) is 0 Å². The molecule has 0 aromatic rings. The van der Waals surface area contributed by atoms with Gasteiger partial charge in [-0.25, -0.2) is 0 Å². The van der Waals surface area contributed by atoms with E-state index in [9.17, 15) is 4.79 Å². The van der Waals surface area contributed by atoms with E-state index in [1.54, 1.807) is 0 Å². The van der Waals surface area contributed by atoms with E-state index in [1.165, 1.54) is 19.3 Å². The van der Waals surface area contributed by atoms with Gasteiger partial charge in [-0.1, -0.05) is 26.7 Å². The number of hydrogen-bond acceptors (Lipinski definition) is 2. The number of hydrogen-bond donors (Lipinski definition) is 1. The van der Waals surface area contributed by atoms with E-state index in [0.717, 1.165) is 32.4 Å². The van der Waals surface area contributed by atoms with Crippen LogP contribution in [0.1, 0.15) is 52.4 Å². The fourth-order valence-electron chi connectivity index (χ4n) is 3.51. The minimum absolute atomic E-state index is 0.170. The summed E-state index contributed by atoms with van der Waals surface area (Å²) in [6.45, 7) is 6.45. The Morgan fingerprint density at radius 1 is 1.22 bits per heavy atom. The summed E-state index contributed by atoms with van der Waals surface area (Å²) in [6, 6.07) is 0. The van der Waals surface area contributed by atoms with Gasteiger partial charge >= 0.3 is 0 Å². The van der Waals surface area contributed by atoms with Gasteiger partial charge in [-0.15, -0.1) is 0 Å². The van der Waals surface area contributed by atoms with Gasteiger partial charge in [0, 0.05) is 25.6 Å². The van der Waals surface area contributed by atoms with E-state index in [4.69, 9.17) is 5.11 Å². The second-order valence-electron chi connectivity index (χ2n) is 6.74. The van der Waals surface area contributed by atoms with Crippen molar-refractivity contribution < 1.29 is 9.90 Å². The predicted molar refractivity (Wildman–Crippen MR) is 72.1 cm³/mol. The van der Waals surface area contributed by atoms with Crippen LogP contribution < -0.4 is 0 Å². The summed E-state index contributed by atoms with van der Waals surface area (Å²) in [4.78, 5) is 14.7. The molecule has 2 aliphatic rings. The van der Waals surface area contributed by atoms with Gasteiger partial charge in [0.25, 0.3) is 0 Å². The van der Waals surface area contributed by atoms with Crippen LogP contribution in [0.3, 0.4) is 0 Å². The van der Waals surface area contributed by atoms with E-state index < -0.39 is 0 Å². The first-order valence-corrected chi connectivity index (χ1v) is 7.44. The average molecular weight is 253 g/mol. The number of aliphatic hydroxyl groups excluding tert-OH is 1. The predicted octanol–water partition coefficient (Wildman–Crippen LogP) is 2.43. The molecular weight excluding hydrogens is 226 g/mol. The first kappa shape index (κ1) is 13.9. The van der Waals surface area contributed by atoms with Crippen molar-refractivity contribution in [3.05, 3.63) is 0 Å². The highest BCUT2D eigenvalue weighted by atomic mass is 16.3. The van der Waals surface area contributed by atoms with Crippen LogP contribution in [0, 0.1) is 17.3 Å². The maximum atomic E-state index is 12.6. The third kappa shape index (κ3) is 2.87. The molecule has 0 aromatic carbocycles. The van der Waals surface area contributed by atoms with Crippen LogP contribution in [0.2, 0.25) is 0 Å². The molecule has 1 atom stereocenters. The van der Waals surface area contributed by atoms with Crippen LogP contribution in [-0.2, 0) is 4.79 Å². The zero-order valence-corrected chi connectivity index (χ0v) is 11.8. The first-order valence-electron chi connectivity index (χ1n) is 7.44. The van der Waals surface area contributed by atoms with Crippen LogP contribution in [0.4, 0.5) is 0 Å². The molecule has 1 amide bonds. The minimum Gasteiger partial charge on any atom is -0.396 e. The lowest BCUT2D eigenvalue weighted by Crippen LogP contribution is -2.47. The van der Waals surface area contributed by atoms with Crippen molar-refractivity contribution in [2.24, 2.45) is 17.3 Å². The number of piperidine rings is 1. The molecular formula is C15H27NO2. The molecule has 3 heteroatoms. The van der Waals surface area contributed by atoms with Gasteiger partial charge < -0.3 is 10.0 Å². The van der Waals surface area contributed by atoms with Gasteiger partial charge in [0.15, 0.2) is 0 Å². The Morgan fingerprint density at radius 3 is 2.44 bits per heavy atom. The van der Waals surface area contributed by atoms with Crippen molar-refractivity contribution in [1.29, 1.82) is 0 Å². The molecule has 1 N–H and O–H groups in total. The molecule has 0 spiro atoms. The molecule has 1 saturated carbocycles. The summed E-state index contributed by atoms with van der Waals surface area (Å²) in [7, 11) is 0. The molecule has 1 aliphatic carbocycles. The summed E-state index contributed by atoms with van der Waals surface area (Å²) in [5.74, 6) is 1.00. The second-order valence-corrected chi connectivity index (χ2v) is 6.74. The Labute approximate surface area is 111 Å². The minimum atomic E-state index is 0.170. The Morgan fingerprint density at radius 2 is 1.89 bits per heavy atom. The standard InChI is InChI=1S/C15H27NO2/c1-15(2)8-4-3-5-13(15)14(18)16-9-6-12(11-17)7-10-16/h12-13,17H,3-11H2,1-2H3. The molecule has 2 rings (SSSR count). The summed E-state index contributed by atoms with van der Waals surface area (Å²) in [6.07, 6.45) is 6.64. The summed E-state index contributed by atoms with van der Waals surface area (Å²) in [5, 5.41) is 9.14. The average Bonchev–Trinajstić information content (AvgIpc) is 2.37. The van der Waals surface area contributed by atoms with Gasteiger partial charge in [0.1, 0.15) is 0 Å². The van der Waals surface area contributed by atoms with Crippen LogP contribution in [0.5, 0.6) is 0 Å². The van der Waals surface area contributed by atoms with Crippen molar-refractivity contribution in [3.8, 4) is 0 Å². The van der Waals surface area contributed by atoms with Crippen LogP contribution >= 0.6 is 0 Å². The first-order chi connectivity index (χ1) is 8.54. The van der Waals surface area contributed by atoms with Crippen LogP contribution in [0.25, 0.3) is 0 Å². The third-order valence-electron chi connectivity index (χ3n) is 4.99. The highest BCUT2D eigenvalue weighted by molar-refractivity contribution is 5.79. The third-order valence-corrected chi connectivity index (χ3v) is 4.99. The van der Waals surface area contributed by atoms with Gasteiger partial charge in [-0.3, -0.25) is 4.79 Å². The molecule has 0 aromatic heterocycles. The summed E-state index contributed by atoms with van der Waals surface area (Å²) in [5.41, 5.74) is 0.170. The zero-order chi connectivity index (χ0) is 13.2. The normalized spacial score (nSPS) is 29.3. The van der Waals surface area contributed by atoms with E-state index in [1.807, 2.05) is 4.90 Å². The summed E-state index contributed by atoms with van der Waals surface area (Å²) < 4.78 is 0. The zero-order valence-electron chi connectivity index (χ0n) is 11.8. The number of aliphatic hydroxyl groups is 1. The Bertz CT molecular complexity index is 293. The SMILES string of the molecule is CC1(C)CCCCC1C(=O)N1CCC(CO)CC1. The van der Waals surface area contributed by atoms with Gasteiger partial charge in [0.05, 0.1) is 0 Å². The molecule has 1 heterocycles. The van der Waals surface area contributed by atoms with Crippen molar-refractivity contribution in [1.82, 2.24) is 4.90 Å². The molecule has 2 fully saturated rings. The van der Waals surface area contributed by atoms with E-state index in [-0.39, 0.29) is 17.9 Å². The van der Waals surface area contributed by atoms with Crippen molar-refractivity contribution in [2.45, 2.75) is 52.4 Å². The van der Waals surface area contributed by atoms with E-state index in [0.29, 0.717) is 11.8 Å². The largest absolute Gasteiger partial charge is 0.396 e. The van der Waals surface area contributed by atoms with Gasteiger partial charge in [-0.05, 0) is 37.0 Å². The number of carbonyl (C=O) groups excluding carboxylic acids is 1. The molecule has 18 heavy (non-hydrogen) atoms. The number of rotatable bonds is 2. The van der Waals surface area contributed by atoms with Gasteiger partial charge in [0.2, 0.25) is 5.91 Å². The van der Waals surface area contributed by atoms with Crippen molar-refractivity contribution in [3.63, 3.8) is 0 Å². The fraction of sp³-hybridized carbons (Fsp3) is 0.933. The Kier molecular flexibility index (Phi) is 4.31. The van der Waals surface area contributed by atoms with E-state index in [2.05, 4.69) is 13.8 Å². The van der Waals surface area contributed by atoms with E-state index >= 15 is 0 Å². The molecule has 1 unspecified atom stereocenters. The van der Waals surface area contributed by atoms with Crippen molar-refractivity contribution in [2.75, 3.05) is 19.7 Å². The molecule has 3 nitrogen and oxygen atoms in total. The van der Waals surface area contributed by atoms with Crippen LogP contribution in [-0.4, -0.2) is 35.6 Å². The fourth-order valence-corrected chi connectivity index (χ4v) is 3.51. The topological polar surface area (TPSA) is 40.5 Å². The highest BCUT2D eigenvalue weighted by Gasteiger charge is 2.39. The lowest BCUT2D eigenvalue weighted by molar-refractivity contribution is -0.142. The molecule has 0 radical (unpaired) electrons. The monoisotopic (exact) mass is 253 g/mol. The smallest absolute Gasteiger partial charge is 0.226 e. The summed E-state index contributed by atoms with van der Waals surface area (Å²) >= 11 is 0. The Hall–Kier alpha value is -0.570. The molecule has 104 valence electrons. The Balaban J connectivity index is 1.95. The number of likely N-dealkylation sites (tertiary alicyclic amines) is 1. The molecule has 1 aliphatic heterocycles. The van der Waals surface area contributed by atoms with Crippen LogP contribution in [0.15, 0.2) is 0 Å².